The monoisotopic (exact) mass is 401 g/mol. The number of hydrogen-bond acceptors (Lipinski definition) is 5. The minimum atomic E-state index is -0.433. The molecule has 2 atom stereocenters. The third kappa shape index (κ3) is 3.02. The van der Waals surface area contributed by atoms with E-state index in [1.807, 2.05) is 4.90 Å². The number of likely N-dealkylation sites (tertiary alicyclic amines) is 1. The van der Waals surface area contributed by atoms with Gasteiger partial charge in [-0.2, -0.15) is 0 Å². The summed E-state index contributed by atoms with van der Waals surface area (Å²) in [7, 11) is 2.99. The Morgan fingerprint density at radius 3 is 2.35 bits per heavy atom. The number of nitrogens with zero attached hydrogens (tertiary/aromatic N) is 4. The van der Waals surface area contributed by atoms with Crippen LogP contribution in [0.15, 0.2) is 21.9 Å². The van der Waals surface area contributed by atoms with Gasteiger partial charge in [-0.3, -0.25) is 18.7 Å². The predicted octanol–water partition coefficient (Wildman–Crippen LogP) is -0.233. The minimum Gasteiger partial charge on any atom is -0.338 e. The summed E-state index contributed by atoms with van der Waals surface area (Å²) < 4.78 is 2.35. The van der Waals surface area contributed by atoms with E-state index in [4.69, 9.17) is 0 Å². The molecule has 26 heavy (non-hydrogen) atoms. The van der Waals surface area contributed by atoms with Crippen molar-refractivity contribution in [3.63, 3.8) is 0 Å². The molecule has 4 rings (SSSR count). The Morgan fingerprint density at radius 2 is 1.73 bits per heavy atom. The van der Waals surface area contributed by atoms with Crippen molar-refractivity contribution in [1.82, 2.24) is 24.3 Å². The standard InChI is InChI=1S/C16H19N5O3.2ClH/c1-19-13-12(15(23)20(2)16(19)24)3-9(6-18-13)14(22)21-7-10-4-17-5-11(10)8-21;;/h3,6,10-11,17H,4-5,7-8H2,1-2H3;2*1H/t10-,11+;;. The van der Waals surface area contributed by atoms with E-state index in [1.165, 1.54) is 17.8 Å². The lowest BCUT2D eigenvalue weighted by Gasteiger charge is -2.17. The van der Waals surface area contributed by atoms with Crippen LogP contribution in [-0.4, -0.2) is 51.1 Å². The smallest absolute Gasteiger partial charge is 0.332 e. The first-order valence-corrected chi connectivity index (χ1v) is 8.03. The van der Waals surface area contributed by atoms with E-state index in [9.17, 15) is 14.4 Å². The van der Waals surface area contributed by atoms with Gasteiger partial charge in [0, 0.05) is 46.5 Å². The Bertz CT molecular complexity index is 959. The van der Waals surface area contributed by atoms with Gasteiger partial charge in [-0.25, -0.2) is 9.78 Å². The molecule has 0 spiro atoms. The van der Waals surface area contributed by atoms with Crippen molar-refractivity contribution in [2.75, 3.05) is 26.2 Å². The first-order valence-electron chi connectivity index (χ1n) is 8.03. The number of carbonyl (C=O) groups excluding carboxylic acids is 1. The highest BCUT2D eigenvalue weighted by molar-refractivity contribution is 5.97. The van der Waals surface area contributed by atoms with Gasteiger partial charge in [-0.05, 0) is 17.9 Å². The molecule has 8 nitrogen and oxygen atoms in total. The second-order valence-electron chi connectivity index (χ2n) is 6.69. The molecule has 1 N–H and O–H groups in total. The van der Waals surface area contributed by atoms with E-state index in [-0.39, 0.29) is 36.1 Å². The molecule has 10 heteroatoms. The van der Waals surface area contributed by atoms with Crippen LogP contribution in [0.3, 0.4) is 0 Å². The van der Waals surface area contributed by atoms with Crippen molar-refractivity contribution in [3.05, 3.63) is 38.7 Å². The topological polar surface area (TPSA) is 89.2 Å². The third-order valence-electron chi connectivity index (χ3n) is 5.22. The van der Waals surface area contributed by atoms with Gasteiger partial charge in [0.15, 0.2) is 0 Å². The van der Waals surface area contributed by atoms with Gasteiger partial charge in [0.25, 0.3) is 11.5 Å². The number of halogens is 2. The molecule has 0 aromatic carbocycles. The number of carbonyl (C=O) groups is 1. The molecule has 2 aromatic heterocycles. The zero-order valence-electron chi connectivity index (χ0n) is 14.5. The molecule has 2 fully saturated rings. The fourth-order valence-electron chi connectivity index (χ4n) is 3.79. The highest BCUT2D eigenvalue weighted by atomic mass is 35.5. The Kier molecular flexibility index (Phi) is 5.79. The van der Waals surface area contributed by atoms with Gasteiger partial charge in [-0.15, -0.1) is 24.8 Å². The second-order valence-corrected chi connectivity index (χ2v) is 6.69. The van der Waals surface area contributed by atoms with Crippen molar-refractivity contribution in [1.29, 1.82) is 0 Å². The lowest BCUT2D eigenvalue weighted by molar-refractivity contribution is 0.0781. The zero-order chi connectivity index (χ0) is 17.0. The van der Waals surface area contributed by atoms with E-state index in [2.05, 4.69) is 10.3 Å². The maximum atomic E-state index is 12.8. The van der Waals surface area contributed by atoms with Crippen molar-refractivity contribution in [2.24, 2.45) is 25.9 Å². The Morgan fingerprint density at radius 1 is 1.12 bits per heavy atom. The normalized spacial score (nSPS) is 21.2. The van der Waals surface area contributed by atoms with Crippen LogP contribution in [0.1, 0.15) is 10.4 Å². The van der Waals surface area contributed by atoms with E-state index < -0.39 is 11.2 Å². The van der Waals surface area contributed by atoms with Crippen LogP contribution in [0.25, 0.3) is 11.0 Å². The number of hydrogen-bond donors (Lipinski definition) is 1. The number of nitrogens with one attached hydrogen (secondary N) is 1. The number of aryl methyl sites for hydroxylation is 1. The lowest BCUT2D eigenvalue weighted by atomic mass is 10.0. The van der Waals surface area contributed by atoms with E-state index in [1.54, 1.807) is 13.1 Å². The average Bonchev–Trinajstić information content (AvgIpc) is 3.18. The van der Waals surface area contributed by atoms with Crippen LogP contribution in [0, 0.1) is 11.8 Å². The number of fused-ring (bicyclic) bond motifs is 2. The molecule has 142 valence electrons. The van der Waals surface area contributed by atoms with Crippen molar-refractivity contribution < 1.29 is 4.79 Å². The molecular formula is C16H21Cl2N5O3. The highest BCUT2D eigenvalue weighted by Crippen LogP contribution is 2.27. The lowest BCUT2D eigenvalue weighted by Crippen LogP contribution is -2.37. The molecule has 0 aliphatic carbocycles. The fraction of sp³-hybridized carbons (Fsp3) is 0.500. The quantitative estimate of drug-likeness (QED) is 0.712. The summed E-state index contributed by atoms with van der Waals surface area (Å²) in [6, 6.07) is 1.55. The van der Waals surface area contributed by atoms with Crippen LogP contribution >= 0.6 is 24.8 Å². The number of amides is 1. The van der Waals surface area contributed by atoms with Crippen LogP contribution in [0.4, 0.5) is 0 Å². The summed E-state index contributed by atoms with van der Waals surface area (Å²) in [6.45, 7) is 3.37. The van der Waals surface area contributed by atoms with Gasteiger partial charge in [0.05, 0.1) is 10.9 Å². The van der Waals surface area contributed by atoms with Crippen LogP contribution in [0.5, 0.6) is 0 Å². The highest BCUT2D eigenvalue weighted by Gasteiger charge is 2.38. The molecular weight excluding hydrogens is 381 g/mol. The molecule has 4 heterocycles. The Balaban J connectivity index is 0.00000121. The number of pyridine rings is 1. The third-order valence-corrected chi connectivity index (χ3v) is 5.22. The largest absolute Gasteiger partial charge is 0.338 e. The molecule has 0 unspecified atom stereocenters. The molecule has 2 aromatic rings. The average molecular weight is 402 g/mol. The fourth-order valence-corrected chi connectivity index (χ4v) is 3.79. The molecule has 0 saturated carbocycles. The van der Waals surface area contributed by atoms with Crippen LogP contribution in [0.2, 0.25) is 0 Å². The summed E-state index contributed by atoms with van der Waals surface area (Å²) in [6.07, 6.45) is 1.45. The SMILES string of the molecule is Cl.Cl.Cn1c(=O)c2cc(C(=O)N3C[C@H]4CNC[C@H]4C3)cnc2n(C)c1=O. The van der Waals surface area contributed by atoms with E-state index >= 15 is 0 Å². The summed E-state index contributed by atoms with van der Waals surface area (Å²) in [5.74, 6) is 0.918. The summed E-state index contributed by atoms with van der Waals surface area (Å²) in [4.78, 5) is 43.1. The molecule has 2 aliphatic heterocycles. The van der Waals surface area contributed by atoms with Gasteiger partial charge >= 0.3 is 5.69 Å². The molecule has 0 radical (unpaired) electrons. The van der Waals surface area contributed by atoms with Gasteiger partial charge in [0.2, 0.25) is 0 Å². The minimum absolute atomic E-state index is 0. The van der Waals surface area contributed by atoms with Crippen LogP contribution < -0.4 is 16.6 Å². The second kappa shape index (κ2) is 7.38. The molecule has 0 bridgehead atoms. The van der Waals surface area contributed by atoms with Gasteiger partial charge in [0.1, 0.15) is 5.65 Å². The van der Waals surface area contributed by atoms with E-state index in [0.29, 0.717) is 23.0 Å². The first kappa shape index (κ1) is 20.4. The molecule has 1 amide bonds. The van der Waals surface area contributed by atoms with Crippen molar-refractivity contribution in [2.45, 2.75) is 0 Å². The van der Waals surface area contributed by atoms with Crippen molar-refractivity contribution >= 4 is 41.8 Å². The Labute approximate surface area is 162 Å². The van der Waals surface area contributed by atoms with Crippen molar-refractivity contribution in [3.8, 4) is 0 Å². The Hall–Kier alpha value is -1.90. The zero-order valence-corrected chi connectivity index (χ0v) is 16.1. The summed E-state index contributed by atoms with van der Waals surface area (Å²) >= 11 is 0. The number of aromatic nitrogens is 3. The van der Waals surface area contributed by atoms with Gasteiger partial charge < -0.3 is 10.2 Å². The van der Waals surface area contributed by atoms with Crippen LogP contribution in [-0.2, 0) is 14.1 Å². The summed E-state index contributed by atoms with van der Waals surface area (Å²) in [5.41, 5.74) is -0.176. The van der Waals surface area contributed by atoms with E-state index in [0.717, 1.165) is 30.7 Å². The number of rotatable bonds is 1. The maximum absolute atomic E-state index is 12.8. The van der Waals surface area contributed by atoms with Gasteiger partial charge in [-0.1, -0.05) is 0 Å². The predicted molar refractivity (Wildman–Crippen MR) is 102 cm³/mol. The molecule has 2 aliphatic rings. The summed E-state index contributed by atoms with van der Waals surface area (Å²) in [5, 5.41) is 3.63. The first-order chi connectivity index (χ1) is 11.5. The maximum Gasteiger partial charge on any atom is 0.332 e. The molecule has 2 saturated heterocycles.